The van der Waals surface area contributed by atoms with Gasteiger partial charge in [-0.25, -0.2) is 4.79 Å². The lowest BCUT2D eigenvalue weighted by molar-refractivity contribution is -0.124. The molecule has 1 aromatic heterocycles. The van der Waals surface area contributed by atoms with Crippen molar-refractivity contribution >= 4 is 11.9 Å². The van der Waals surface area contributed by atoms with Crippen LogP contribution in [0.4, 0.5) is 4.79 Å². The van der Waals surface area contributed by atoms with Crippen LogP contribution in [0.2, 0.25) is 0 Å². The van der Waals surface area contributed by atoms with Crippen LogP contribution in [0.5, 0.6) is 0 Å². The van der Waals surface area contributed by atoms with E-state index >= 15 is 0 Å². The first kappa shape index (κ1) is 9.53. The van der Waals surface area contributed by atoms with Crippen molar-refractivity contribution in [3.8, 4) is 0 Å². The average molecular weight is 207 g/mol. The largest absolute Gasteiger partial charge is 0.327 e. The van der Waals surface area contributed by atoms with Crippen LogP contribution in [0.1, 0.15) is 5.69 Å². The lowest BCUT2D eigenvalue weighted by Crippen LogP contribution is -2.50. The van der Waals surface area contributed by atoms with Gasteiger partial charge in [-0.3, -0.25) is 10.1 Å². The molecule has 3 amide bonds. The maximum absolute atomic E-state index is 11.6. The summed E-state index contributed by atoms with van der Waals surface area (Å²) < 4.78 is 0. The number of nitrogens with zero attached hydrogens (tertiary/aromatic N) is 2. The van der Waals surface area contributed by atoms with Gasteiger partial charge in [0.05, 0.1) is 5.69 Å². The van der Waals surface area contributed by atoms with E-state index in [-0.39, 0.29) is 6.54 Å². The number of rotatable bonds is 2. The third-order valence-corrected chi connectivity index (χ3v) is 2.26. The Hall–Kier alpha value is -2.02. The second kappa shape index (κ2) is 3.28. The van der Waals surface area contributed by atoms with Crippen molar-refractivity contribution in [3.05, 3.63) is 24.0 Å². The molecule has 1 aromatic rings. The van der Waals surface area contributed by atoms with Crippen LogP contribution in [0.3, 0.4) is 0 Å². The third kappa shape index (κ3) is 1.33. The summed E-state index contributed by atoms with van der Waals surface area (Å²) in [5, 5.41) is 12.0. The smallest absolute Gasteiger partial charge is 0.322 e. The summed E-state index contributed by atoms with van der Waals surface area (Å²) in [6.07, 6.45) is 1.47. The number of amides is 3. The summed E-state index contributed by atoms with van der Waals surface area (Å²) in [6.45, 7) is -0.0662. The summed E-state index contributed by atoms with van der Waals surface area (Å²) in [7, 11) is 0. The molecule has 2 heterocycles. The van der Waals surface area contributed by atoms with Crippen molar-refractivity contribution in [1.29, 1.82) is 0 Å². The predicted molar refractivity (Wildman–Crippen MR) is 49.4 cm³/mol. The normalized spacial score (nSPS) is 24.9. The van der Waals surface area contributed by atoms with Gasteiger partial charge >= 0.3 is 6.03 Å². The van der Waals surface area contributed by atoms with Crippen molar-refractivity contribution in [2.24, 2.45) is 5.73 Å². The molecule has 0 spiro atoms. The van der Waals surface area contributed by atoms with E-state index in [2.05, 4.69) is 20.8 Å². The number of carbonyl (C=O) groups is 2. The Labute approximate surface area is 85.1 Å². The molecule has 1 fully saturated rings. The zero-order valence-corrected chi connectivity index (χ0v) is 7.73. The Balaban J connectivity index is 2.47. The molecule has 15 heavy (non-hydrogen) atoms. The number of carbonyl (C=O) groups excluding carboxylic acids is 2. The van der Waals surface area contributed by atoms with Crippen molar-refractivity contribution in [1.82, 2.24) is 20.8 Å². The molecule has 1 aliphatic rings. The van der Waals surface area contributed by atoms with Gasteiger partial charge in [0.1, 0.15) is 0 Å². The summed E-state index contributed by atoms with van der Waals surface area (Å²) >= 11 is 0. The predicted octanol–water partition coefficient (Wildman–Crippen LogP) is -1.53. The van der Waals surface area contributed by atoms with Crippen molar-refractivity contribution in [2.75, 3.05) is 6.54 Å². The summed E-state index contributed by atoms with van der Waals surface area (Å²) in [4.78, 5) is 22.7. The maximum Gasteiger partial charge on any atom is 0.322 e. The number of hydrogen-bond donors (Lipinski definition) is 3. The summed E-state index contributed by atoms with van der Waals surface area (Å²) in [5.74, 6) is -0.504. The highest BCUT2D eigenvalue weighted by molar-refractivity contribution is 6.07. The summed E-state index contributed by atoms with van der Waals surface area (Å²) in [6, 6.07) is 2.64. The fourth-order valence-corrected chi connectivity index (χ4v) is 1.45. The van der Waals surface area contributed by atoms with Gasteiger partial charge in [-0.05, 0) is 12.1 Å². The van der Waals surface area contributed by atoms with Crippen LogP contribution < -0.4 is 16.4 Å². The molecule has 0 bridgehead atoms. The first-order valence-electron chi connectivity index (χ1n) is 4.31. The number of hydrogen-bond acceptors (Lipinski definition) is 5. The van der Waals surface area contributed by atoms with E-state index in [1.165, 1.54) is 6.20 Å². The Morgan fingerprint density at radius 3 is 2.73 bits per heavy atom. The molecule has 0 aromatic carbocycles. The van der Waals surface area contributed by atoms with Gasteiger partial charge < -0.3 is 11.1 Å². The van der Waals surface area contributed by atoms with Gasteiger partial charge in [0.2, 0.25) is 0 Å². The van der Waals surface area contributed by atoms with E-state index in [1.54, 1.807) is 12.1 Å². The molecule has 4 N–H and O–H groups in total. The van der Waals surface area contributed by atoms with Gasteiger partial charge in [-0.2, -0.15) is 10.2 Å². The number of nitrogens with one attached hydrogen (secondary N) is 2. The van der Waals surface area contributed by atoms with Gasteiger partial charge in [0.15, 0.2) is 5.54 Å². The first-order chi connectivity index (χ1) is 7.19. The molecule has 1 atom stereocenters. The van der Waals surface area contributed by atoms with Crippen LogP contribution in [-0.4, -0.2) is 28.7 Å². The number of aromatic nitrogens is 2. The van der Waals surface area contributed by atoms with Crippen LogP contribution >= 0.6 is 0 Å². The third-order valence-electron chi connectivity index (χ3n) is 2.26. The molecule has 0 saturated carbocycles. The van der Waals surface area contributed by atoms with Gasteiger partial charge in [-0.1, -0.05) is 0 Å². The van der Waals surface area contributed by atoms with Crippen molar-refractivity contribution < 1.29 is 9.59 Å². The monoisotopic (exact) mass is 207 g/mol. The van der Waals surface area contributed by atoms with Gasteiger partial charge in [0, 0.05) is 12.7 Å². The maximum atomic E-state index is 11.6. The number of urea groups is 1. The lowest BCUT2D eigenvalue weighted by Gasteiger charge is -2.22. The molecule has 1 aliphatic heterocycles. The van der Waals surface area contributed by atoms with Crippen LogP contribution in [0.25, 0.3) is 0 Å². The van der Waals surface area contributed by atoms with Crippen LogP contribution in [0.15, 0.2) is 18.3 Å². The van der Waals surface area contributed by atoms with Crippen molar-refractivity contribution in [2.45, 2.75) is 5.54 Å². The van der Waals surface area contributed by atoms with E-state index in [9.17, 15) is 9.59 Å². The number of nitrogens with two attached hydrogens (primary N) is 1. The van der Waals surface area contributed by atoms with Gasteiger partial charge in [0.25, 0.3) is 5.91 Å². The number of imide groups is 1. The quantitative estimate of drug-likeness (QED) is 0.509. The molecule has 0 radical (unpaired) electrons. The molecule has 7 heteroatoms. The fourth-order valence-electron chi connectivity index (χ4n) is 1.45. The highest BCUT2D eigenvalue weighted by atomic mass is 16.2. The summed E-state index contributed by atoms with van der Waals surface area (Å²) in [5.41, 5.74) is 4.55. The van der Waals surface area contributed by atoms with E-state index < -0.39 is 17.5 Å². The SMILES string of the molecule is NCC1(c2cccnn2)NC(=O)NC1=O. The molecule has 78 valence electrons. The van der Waals surface area contributed by atoms with Crippen LogP contribution in [-0.2, 0) is 10.3 Å². The highest BCUT2D eigenvalue weighted by Gasteiger charge is 2.48. The minimum absolute atomic E-state index is 0.0662. The van der Waals surface area contributed by atoms with E-state index in [0.717, 1.165) is 0 Å². The molecule has 1 unspecified atom stereocenters. The minimum Gasteiger partial charge on any atom is -0.327 e. The first-order valence-corrected chi connectivity index (χ1v) is 4.31. The minimum atomic E-state index is -1.29. The zero-order chi connectivity index (χ0) is 10.9. The Bertz CT molecular complexity index is 407. The molecule has 1 saturated heterocycles. The average Bonchev–Trinajstić information content (AvgIpc) is 2.56. The Kier molecular flexibility index (Phi) is 2.09. The molecular formula is C8H9N5O2. The van der Waals surface area contributed by atoms with E-state index in [1.807, 2.05) is 0 Å². The second-order valence-electron chi connectivity index (χ2n) is 3.13. The van der Waals surface area contributed by atoms with E-state index in [0.29, 0.717) is 5.69 Å². The van der Waals surface area contributed by atoms with Crippen LogP contribution in [0, 0.1) is 0 Å². The van der Waals surface area contributed by atoms with E-state index in [4.69, 9.17) is 5.73 Å². The Morgan fingerprint density at radius 2 is 2.27 bits per heavy atom. The second-order valence-corrected chi connectivity index (χ2v) is 3.13. The van der Waals surface area contributed by atoms with Gasteiger partial charge in [-0.15, -0.1) is 0 Å². The molecule has 7 nitrogen and oxygen atoms in total. The zero-order valence-electron chi connectivity index (χ0n) is 7.73. The Morgan fingerprint density at radius 1 is 1.47 bits per heavy atom. The molecule has 0 aliphatic carbocycles. The molecule has 2 rings (SSSR count). The highest BCUT2D eigenvalue weighted by Crippen LogP contribution is 2.20. The molecular weight excluding hydrogens is 198 g/mol. The fraction of sp³-hybridized carbons (Fsp3) is 0.250. The topological polar surface area (TPSA) is 110 Å². The van der Waals surface area contributed by atoms with Crippen molar-refractivity contribution in [3.63, 3.8) is 0 Å². The lowest BCUT2D eigenvalue weighted by atomic mass is 9.95. The standard InChI is InChI=1S/C8H9N5O2/c9-4-8(5-2-1-3-10-13-5)6(14)11-7(15)12-8/h1-3H,4,9H2,(H2,11,12,14,15).